The summed E-state index contributed by atoms with van der Waals surface area (Å²) in [6.07, 6.45) is 2.46. The molecule has 2 aliphatic rings. The molecule has 2 fully saturated rings. The van der Waals surface area contributed by atoms with Gasteiger partial charge in [-0.3, -0.25) is 14.5 Å². The molecule has 0 bridgehead atoms. The number of fused-ring (bicyclic) bond motifs is 1. The molecule has 0 spiro atoms. The van der Waals surface area contributed by atoms with Gasteiger partial charge in [-0.05, 0) is 43.2 Å². The molecule has 0 aliphatic carbocycles. The highest BCUT2D eigenvalue weighted by Gasteiger charge is 2.27. The van der Waals surface area contributed by atoms with Gasteiger partial charge in [0.05, 0.1) is 22.4 Å². The molecule has 3 aromatic rings. The van der Waals surface area contributed by atoms with Crippen LogP contribution in [0, 0.1) is 5.82 Å². The Morgan fingerprint density at radius 1 is 1.15 bits per heavy atom. The number of hydrogen-bond acceptors (Lipinski definition) is 6. The van der Waals surface area contributed by atoms with E-state index in [1.165, 1.54) is 18.2 Å². The molecule has 1 unspecified atom stereocenters. The van der Waals surface area contributed by atoms with Crippen LogP contribution in [0.1, 0.15) is 23.2 Å². The maximum Gasteiger partial charge on any atom is 0.272 e. The average Bonchev–Trinajstić information content (AvgIpc) is 3.35. The molecule has 33 heavy (non-hydrogen) atoms. The number of benzene rings is 2. The van der Waals surface area contributed by atoms with Crippen LogP contribution in [0.4, 0.5) is 4.39 Å². The van der Waals surface area contributed by atoms with E-state index in [9.17, 15) is 14.0 Å². The summed E-state index contributed by atoms with van der Waals surface area (Å²) in [4.78, 5) is 29.0. The van der Waals surface area contributed by atoms with Gasteiger partial charge in [-0.2, -0.15) is 0 Å². The molecule has 172 valence electrons. The van der Waals surface area contributed by atoms with Crippen molar-refractivity contribution in [2.45, 2.75) is 18.9 Å². The summed E-state index contributed by atoms with van der Waals surface area (Å²) in [5.74, 6) is -0.526. The Morgan fingerprint density at radius 2 is 1.94 bits per heavy atom. The molecule has 3 heterocycles. The first kappa shape index (κ1) is 21.5. The molecule has 5 rings (SSSR count). The number of aromatic nitrogens is 2. The van der Waals surface area contributed by atoms with Crippen LogP contribution in [-0.4, -0.2) is 71.3 Å². The maximum atomic E-state index is 14.6. The van der Waals surface area contributed by atoms with E-state index >= 15 is 0 Å². The summed E-state index contributed by atoms with van der Waals surface area (Å²) < 4.78 is 26.1. The smallest absolute Gasteiger partial charge is 0.272 e. The summed E-state index contributed by atoms with van der Waals surface area (Å²) in [7, 11) is 0. The van der Waals surface area contributed by atoms with Crippen LogP contribution in [0.15, 0.2) is 47.3 Å². The van der Waals surface area contributed by atoms with Crippen molar-refractivity contribution >= 4 is 16.7 Å². The number of hydrogen-bond donors (Lipinski definition) is 1. The fourth-order valence-corrected chi connectivity index (χ4v) is 4.39. The van der Waals surface area contributed by atoms with Crippen LogP contribution in [0.2, 0.25) is 0 Å². The summed E-state index contributed by atoms with van der Waals surface area (Å²) in [6, 6.07) is 10.9. The molecule has 2 aromatic carbocycles. The van der Waals surface area contributed by atoms with Gasteiger partial charge in [0.15, 0.2) is 0 Å². The number of rotatable bonds is 5. The van der Waals surface area contributed by atoms with Crippen LogP contribution in [0.5, 0.6) is 11.6 Å². The highest BCUT2D eigenvalue weighted by molar-refractivity contribution is 5.95. The zero-order valence-corrected chi connectivity index (χ0v) is 18.1. The lowest BCUT2D eigenvalue weighted by Gasteiger charge is -2.35. The zero-order valence-electron chi connectivity index (χ0n) is 18.1. The second kappa shape index (κ2) is 9.29. The predicted octanol–water partition coefficient (Wildman–Crippen LogP) is 2.79. The largest absolute Gasteiger partial charge is 0.437 e. The van der Waals surface area contributed by atoms with Gasteiger partial charge in [0.1, 0.15) is 11.6 Å². The van der Waals surface area contributed by atoms with E-state index in [1.54, 1.807) is 29.2 Å². The van der Waals surface area contributed by atoms with E-state index < -0.39 is 5.82 Å². The Bertz CT molecular complexity index is 1220. The zero-order chi connectivity index (χ0) is 22.8. The van der Waals surface area contributed by atoms with Crippen molar-refractivity contribution in [2.75, 3.05) is 39.3 Å². The van der Waals surface area contributed by atoms with E-state index in [0.29, 0.717) is 23.9 Å². The number of carbonyl (C=O) groups is 1. The summed E-state index contributed by atoms with van der Waals surface area (Å²) in [5, 5.41) is 7.34. The van der Waals surface area contributed by atoms with Gasteiger partial charge in [-0.15, -0.1) is 5.10 Å². The summed E-state index contributed by atoms with van der Waals surface area (Å²) in [6.45, 7) is 4.23. The third-order valence-corrected chi connectivity index (χ3v) is 6.19. The highest BCUT2D eigenvalue weighted by atomic mass is 19.1. The Morgan fingerprint density at radius 3 is 2.70 bits per heavy atom. The molecule has 0 saturated carbocycles. The van der Waals surface area contributed by atoms with Crippen LogP contribution in [0.3, 0.4) is 0 Å². The first-order valence-corrected chi connectivity index (χ1v) is 11.2. The number of halogens is 1. The Hall–Kier alpha value is -3.30. The lowest BCUT2D eigenvalue weighted by molar-refractivity contribution is 0.0430. The Kier molecular flexibility index (Phi) is 6.06. The summed E-state index contributed by atoms with van der Waals surface area (Å²) in [5.41, 5.74) is -0.375. The number of nitrogens with zero attached hydrogens (tertiary/aromatic N) is 3. The van der Waals surface area contributed by atoms with Crippen molar-refractivity contribution in [1.82, 2.24) is 20.0 Å². The van der Waals surface area contributed by atoms with E-state index in [2.05, 4.69) is 15.1 Å². The van der Waals surface area contributed by atoms with E-state index in [0.717, 1.165) is 39.1 Å². The number of carbonyl (C=O) groups excluding carboxylic acids is 1. The maximum absolute atomic E-state index is 14.6. The third-order valence-electron chi connectivity index (χ3n) is 6.19. The molecule has 2 saturated heterocycles. The van der Waals surface area contributed by atoms with Crippen molar-refractivity contribution in [3.05, 3.63) is 64.2 Å². The van der Waals surface area contributed by atoms with Crippen molar-refractivity contribution in [3.8, 4) is 11.6 Å². The molecule has 8 nitrogen and oxygen atoms in total. The van der Waals surface area contributed by atoms with Crippen molar-refractivity contribution in [1.29, 1.82) is 0 Å². The summed E-state index contributed by atoms with van der Waals surface area (Å²) >= 11 is 0. The highest BCUT2D eigenvalue weighted by Crippen LogP contribution is 2.27. The van der Waals surface area contributed by atoms with E-state index in [1.807, 2.05) is 0 Å². The minimum Gasteiger partial charge on any atom is -0.437 e. The minimum atomic E-state index is -0.603. The topological polar surface area (TPSA) is 87.8 Å². The van der Waals surface area contributed by atoms with Crippen molar-refractivity contribution in [2.24, 2.45) is 0 Å². The molecule has 1 N–H and O–H groups in total. The fraction of sp³-hybridized carbons (Fsp3) is 0.375. The van der Waals surface area contributed by atoms with E-state index in [4.69, 9.17) is 9.47 Å². The van der Waals surface area contributed by atoms with Gasteiger partial charge in [0.2, 0.25) is 5.88 Å². The minimum absolute atomic E-state index is 0.0474. The molecular weight excluding hydrogens is 427 g/mol. The van der Waals surface area contributed by atoms with E-state index in [-0.39, 0.29) is 34.8 Å². The van der Waals surface area contributed by atoms with Crippen LogP contribution < -0.4 is 10.3 Å². The average molecular weight is 452 g/mol. The fourth-order valence-electron chi connectivity index (χ4n) is 4.39. The lowest BCUT2D eigenvalue weighted by atomic mass is 10.1. The number of nitrogens with one attached hydrogen (secondary N) is 1. The van der Waals surface area contributed by atoms with Crippen molar-refractivity contribution < 1.29 is 18.7 Å². The molecule has 1 atom stereocenters. The molecule has 1 aromatic heterocycles. The first-order chi connectivity index (χ1) is 16.1. The van der Waals surface area contributed by atoms with Gasteiger partial charge in [0, 0.05) is 39.3 Å². The second-order valence-corrected chi connectivity index (χ2v) is 8.38. The standard InChI is InChI=1S/C24H25FN4O4/c25-21-8-7-16(33-23-19-6-2-1-5-18(19)22(30)26-27-23)14-20(21)24(31)29-11-9-28(10-12-29)15-17-4-3-13-32-17/h1-2,5-8,14,17H,3-4,9-13,15H2,(H,26,30). The van der Waals surface area contributed by atoms with Crippen LogP contribution >= 0.6 is 0 Å². The van der Waals surface area contributed by atoms with Gasteiger partial charge >= 0.3 is 0 Å². The third kappa shape index (κ3) is 4.60. The van der Waals surface area contributed by atoms with Gasteiger partial charge in [0.25, 0.3) is 11.5 Å². The van der Waals surface area contributed by atoms with Gasteiger partial charge in [-0.1, -0.05) is 12.1 Å². The predicted molar refractivity (Wildman–Crippen MR) is 120 cm³/mol. The number of amides is 1. The molecule has 1 amide bonds. The number of H-pyrrole nitrogens is 1. The number of aromatic amines is 1. The Labute approximate surface area is 189 Å². The van der Waals surface area contributed by atoms with Crippen LogP contribution in [-0.2, 0) is 4.74 Å². The molecule has 0 radical (unpaired) electrons. The second-order valence-electron chi connectivity index (χ2n) is 8.38. The number of piperazine rings is 1. The quantitative estimate of drug-likeness (QED) is 0.641. The molecule has 2 aliphatic heterocycles. The normalized spacial score (nSPS) is 19.2. The van der Waals surface area contributed by atoms with Gasteiger partial charge < -0.3 is 14.4 Å². The molecule has 9 heteroatoms. The lowest BCUT2D eigenvalue weighted by Crippen LogP contribution is -2.50. The Balaban J connectivity index is 1.30. The van der Waals surface area contributed by atoms with Gasteiger partial charge in [-0.25, -0.2) is 9.49 Å². The SMILES string of the molecule is O=C(c1cc(Oc2n[nH]c(=O)c3ccccc23)ccc1F)N1CCN(CC2CCCO2)CC1. The van der Waals surface area contributed by atoms with Crippen molar-refractivity contribution in [3.63, 3.8) is 0 Å². The monoisotopic (exact) mass is 452 g/mol. The first-order valence-electron chi connectivity index (χ1n) is 11.2. The number of ether oxygens (including phenoxy) is 2. The molecular formula is C24H25FN4O4. The van der Waals surface area contributed by atoms with Crippen LogP contribution in [0.25, 0.3) is 10.8 Å².